The first kappa shape index (κ1) is 29.2. The van der Waals surface area contributed by atoms with E-state index in [0.29, 0.717) is 40.8 Å². The molecule has 0 atom stereocenters. The van der Waals surface area contributed by atoms with Crippen molar-refractivity contribution in [3.05, 3.63) is 119 Å². The minimum Gasteiger partial charge on any atom is -0.508 e. The van der Waals surface area contributed by atoms with E-state index >= 15 is 0 Å². The number of carbonyl (C=O) groups is 1. The lowest BCUT2D eigenvalue weighted by atomic mass is 10.0. The van der Waals surface area contributed by atoms with Crippen molar-refractivity contribution in [3.8, 4) is 23.0 Å². The minimum atomic E-state index is -0.0822. The van der Waals surface area contributed by atoms with Gasteiger partial charge in [0.15, 0.2) is 5.78 Å². The Morgan fingerprint density at radius 1 is 0.857 bits per heavy atom. The van der Waals surface area contributed by atoms with Crippen molar-refractivity contribution < 1.29 is 19.4 Å². The van der Waals surface area contributed by atoms with Crippen LogP contribution in [0, 0.1) is 0 Å². The van der Waals surface area contributed by atoms with Crippen LogP contribution in [0.25, 0.3) is 10.9 Å². The summed E-state index contributed by atoms with van der Waals surface area (Å²) in [6.07, 6.45) is 2.84. The van der Waals surface area contributed by atoms with Crippen molar-refractivity contribution in [1.82, 2.24) is 9.47 Å². The number of hydrogen-bond acceptors (Lipinski definition) is 5. The lowest BCUT2D eigenvalue weighted by Gasteiger charge is -2.17. The Balaban J connectivity index is 1.40. The Morgan fingerprint density at radius 2 is 1.52 bits per heavy atom. The average molecular weight is 583 g/mol. The molecule has 0 saturated carbocycles. The molecule has 5 rings (SSSR count). The maximum absolute atomic E-state index is 13.8. The van der Waals surface area contributed by atoms with E-state index in [-0.39, 0.29) is 11.5 Å². The Hall–Kier alpha value is -4.26. The van der Waals surface area contributed by atoms with Gasteiger partial charge in [0.05, 0.1) is 6.61 Å². The van der Waals surface area contributed by atoms with Crippen LogP contribution in [0.1, 0.15) is 41.8 Å². The summed E-state index contributed by atoms with van der Waals surface area (Å²) >= 11 is 6.03. The largest absolute Gasteiger partial charge is 0.508 e. The molecule has 0 aliphatic rings. The van der Waals surface area contributed by atoms with E-state index in [1.807, 2.05) is 77.5 Å². The van der Waals surface area contributed by atoms with E-state index in [1.54, 1.807) is 24.3 Å². The minimum absolute atomic E-state index is 0.0822. The van der Waals surface area contributed by atoms with Crippen molar-refractivity contribution in [2.24, 2.45) is 0 Å². The smallest absolute Gasteiger partial charge is 0.195 e. The number of fused-ring (bicyclic) bond motifs is 1. The van der Waals surface area contributed by atoms with Gasteiger partial charge in [-0.15, -0.1) is 0 Å². The van der Waals surface area contributed by atoms with Gasteiger partial charge in [-0.1, -0.05) is 37.6 Å². The number of ether oxygens (including phenoxy) is 2. The lowest BCUT2D eigenvalue weighted by molar-refractivity contribution is 0.104. The fraction of sp³-hybridized carbons (Fsp3) is 0.229. The Labute approximate surface area is 251 Å². The van der Waals surface area contributed by atoms with Gasteiger partial charge < -0.3 is 24.0 Å². The Bertz CT molecular complexity index is 1620. The second kappa shape index (κ2) is 13.6. The average Bonchev–Trinajstić information content (AvgIpc) is 3.36. The molecule has 0 fully saturated rings. The van der Waals surface area contributed by atoms with Gasteiger partial charge in [0.1, 0.15) is 23.0 Å². The van der Waals surface area contributed by atoms with Crippen molar-refractivity contribution >= 4 is 28.3 Å². The summed E-state index contributed by atoms with van der Waals surface area (Å²) in [6, 6.07) is 27.4. The Kier molecular flexibility index (Phi) is 9.47. The molecule has 42 heavy (non-hydrogen) atoms. The number of phenolic OH excluding ortho intramolecular Hbond substituents is 1. The maximum Gasteiger partial charge on any atom is 0.195 e. The summed E-state index contributed by atoms with van der Waals surface area (Å²) < 4.78 is 14.1. The summed E-state index contributed by atoms with van der Waals surface area (Å²) in [7, 11) is 0. The van der Waals surface area contributed by atoms with Gasteiger partial charge in [-0.25, -0.2) is 0 Å². The van der Waals surface area contributed by atoms with E-state index < -0.39 is 0 Å². The molecule has 216 valence electrons. The standard InChI is InChI=1S/C35H35ClN2O4/c1-3-37(4-2)20-5-21-41-29-14-8-26(9-15-29)35(40)33-24-38(23-25-6-12-28(39)13-7-25)34-19-18-31(22-32(33)34)42-30-16-10-27(36)11-17-30/h6-19,22,24,39H,3-5,20-21,23H2,1-2H3. The zero-order valence-corrected chi connectivity index (χ0v) is 24.7. The third-order valence-corrected chi connectivity index (χ3v) is 7.59. The molecule has 6 nitrogen and oxygen atoms in total. The first-order valence-corrected chi connectivity index (χ1v) is 14.7. The number of aromatic nitrogens is 1. The zero-order valence-electron chi connectivity index (χ0n) is 23.9. The first-order chi connectivity index (χ1) is 20.4. The van der Waals surface area contributed by atoms with Gasteiger partial charge in [0.2, 0.25) is 0 Å². The van der Waals surface area contributed by atoms with Crippen LogP contribution in [0.3, 0.4) is 0 Å². The highest BCUT2D eigenvalue weighted by Crippen LogP contribution is 2.32. The molecular weight excluding hydrogens is 548 g/mol. The van der Waals surface area contributed by atoms with E-state index in [9.17, 15) is 9.90 Å². The highest BCUT2D eigenvalue weighted by atomic mass is 35.5. The predicted molar refractivity (Wildman–Crippen MR) is 168 cm³/mol. The number of nitrogens with zero attached hydrogens (tertiary/aromatic N) is 2. The number of hydrogen-bond donors (Lipinski definition) is 1. The van der Waals surface area contributed by atoms with Gasteiger partial charge in [0.25, 0.3) is 0 Å². The molecule has 0 unspecified atom stereocenters. The molecule has 0 aliphatic carbocycles. The quantitative estimate of drug-likeness (QED) is 0.112. The molecular formula is C35H35ClN2O4. The first-order valence-electron chi connectivity index (χ1n) is 14.3. The molecule has 0 aliphatic heterocycles. The molecule has 1 heterocycles. The number of aromatic hydroxyl groups is 1. The van der Waals surface area contributed by atoms with Crippen LogP contribution in [0.4, 0.5) is 0 Å². The van der Waals surface area contributed by atoms with Gasteiger partial charge in [0, 0.05) is 46.3 Å². The van der Waals surface area contributed by atoms with Crippen LogP contribution >= 0.6 is 11.6 Å². The second-order valence-corrected chi connectivity index (χ2v) is 10.6. The number of phenols is 1. The van der Waals surface area contributed by atoms with E-state index in [0.717, 1.165) is 48.3 Å². The number of halogens is 1. The molecule has 1 N–H and O–H groups in total. The summed E-state index contributed by atoms with van der Waals surface area (Å²) in [4.78, 5) is 16.2. The summed E-state index contributed by atoms with van der Waals surface area (Å²) in [5.74, 6) is 2.16. The van der Waals surface area contributed by atoms with Crippen molar-refractivity contribution in [2.45, 2.75) is 26.8 Å². The third kappa shape index (κ3) is 7.14. The number of rotatable bonds is 13. The SMILES string of the molecule is CCN(CC)CCCOc1ccc(C(=O)c2cn(Cc3ccc(O)cc3)c3ccc(Oc4ccc(Cl)cc4)cc23)cc1. The number of benzene rings is 4. The van der Waals surface area contributed by atoms with Gasteiger partial charge in [-0.2, -0.15) is 0 Å². The highest BCUT2D eigenvalue weighted by Gasteiger charge is 2.18. The Morgan fingerprint density at radius 3 is 2.21 bits per heavy atom. The molecule has 4 aromatic carbocycles. The molecule has 0 spiro atoms. The van der Waals surface area contributed by atoms with Crippen LogP contribution in [-0.2, 0) is 6.54 Å². The van der Waals surface area contributed by atoms with Gasteiger partial charge in [-0.3, -0.25) is 4.79 Å². The van der Waals surface area contributed by atoms with Crippen molar-refractivity contribution in [2.75, 3.05) is 26.2 Å². The molecule has 0 saturated heterocycles. The topological polar surface area (TPSA) is 63.9 Å². The summed E-state index contributed by atoms with van der Waals surface area (Å²) in [5.41, 5.74) is 3.08. The fourth-order valence-corrected chi connectivity index (χ4v) is 5.09. The molecule has 7 heteroatoms. The van der Waals surface area contributed by atoms with Crippen LogP contribution < -0.4 is 9.47 Å². The molecule has 0 bridgehead atoms. The van der Waals surface area contributed by atoms with Crippen LogP contribution in [0.15, 0.2) is 97.2 Å². The fourth-order valence-electron chi connectivity index (χ4n) is 4.96. The van der Waals surface area contributed by atoms with Crippen LogP contribution in [-0.4, -0.2) is 46.6 Å². The monoisotopic (exact) mass is 582 g/mol. The van der Waals surface area contributed by atoms with E-state index in [2.05, 4.69) is 18.7 Å². The molecule has 0 radical (unpaired) electrons. The summed E-state index contributed by atoms with van der Waals surface area (Å²) in [6.45, 7) is 8.58. The van der Waals surface area contributed by atoms with Crippen molar-refractivity contribution in [3.63, 3.8) is 0 Å². The molecule has 5 aromatic rings. The van der Waals surface area contributed by atoms with Crippen LogP contribution in [0.5, 0.6) is 23.0 Å². The lowest BCUT2D eigenvalue weighted by Crippen LogP contribution is -2.25. The maximum atomic E-state index is 13.8. The number of ketones is 1. The molecule has 0 amide bonds. The molecule has 1 aromatic heterocycles. The predicted octanol–water partition coefficient (Wildman–Crippen LogP) is 8.18. The normalized spacial score (nSPS) is 11.2. The highest BCUT2D eigenvalue weighted by molar-refractivity contribution is 6.30. The zero-order chi connectivity index (χ0) is 29.5. The van der Waals surface area contributed by atoms with Gasteiger partial charge >= 0.3 is 0 Å². The van der Waals surface area contributed by atoms with E-state index in [1.165, 1.54) is 0 Å². The van der Waals surface area contributed by atoms with Gasteiger partial charge in [-0.05, 0) is 104 Å². The summed E-state index contributed by atoms with van der Waals surface area (Å²) in [5, 5.41) is 11.1. The van der Waals surface area contributed by atoms with E-state index in [4.69, 9.17) is 21.1 Å². The van der Waals surface area contributed by atoms with Crippen molar-refractivity contribution in [1.29, 1.82) is 0 Å². The van der Waals surface area contributed by atoms with Crippen LogP contribution in [0.2, 0.25) is 5.02 Å². The second-order valence-electron chi connectivity index (χ2n) is 10.2. The third-order valence-electron chi connectivity index (χ3n) is 7.33. The number of carbonyl (C=O) groups excluding carboxylic acids is 1.